The fourth-order valence-electron chi connectivity index (χ4n) is 3.26. The van der Waals surface area contributed by atoms with Crippen LogP contribution < -0.4 is 10.2 Å². The predicted molar refractivity (Wildman–Crippen MR) is 125 cm³/mol. The summed E-state index contributed by atoms with van der Waals surface area (Å²) in [6.07, 6.45) is 8.24. The fraction of sp³-hybridized carbons (Fsp3) is 0.500. The summed E-state index contributed by atoms with van der Waals surface area (Å²) < 4.78 is 5.24. The lowest BCUT2D eigenvalue weighted by Crippen LogP contribution is -2.37. The van der Waals surface area contributed by atoms with Gasteiger partial charge < -0.3 is 15.2 Å². The van der Waals surface area contributed by atoms with Crippen molar-refractivity contribution in [3.8, 4) is 11.4 Å². The first kappa shape index (κ1) is 25.3. The molecule has 8 heteroatoms. The van der Waals surface area contributed by atoms with Crippen molar-refractivity contribution in [3.05, 3.63) is 42.2 Å². The Hall–Kier alpha value is -3.00. The number of carbonyl (C=O) groups excluding carboxylic acids is 1. The van der Waals surface area contributed by atoms with Crippen LogP contribution >= 0.6 is 0 Å². The number of anilines is 1. The Kier molecular flexibility index (Phi) is 10.6. The van der Waals surface area contributed by atoms with Crippen LogP contribution in [0.3, 0.4) is 0 Å². The molecule has 0 radical (unpaired) electrons. The van der Waals surface area contributed by atoms with Crippen molar-refractivity contribution in [2.45, 2.75) is 58.5 Å². The number of aliphatic carboxylic acids is 1. The topological polar surface area (TPSA) is 105 Å². The average Bonchev–Trinajstić information content (AvgIpc) is 2.81. The summed E-state index contributed by atoms with van der Waals surface area (Å²) >= 11 is 0. The second kappa shape index (κ2) is 13.4. The fourth-order valence-corrected chi connectivity index (χ4v) is 3.26. The maximum atomic E-state index is 12.5. The van der Waals surface area contributed by atoms with Gasteiger partial charge in [-0.15, -0.1) is 0 Å². The van der Waals surface area contributed by atoms with Gasteiger partial charge in [0.25, 0.3) is 0 Å². The van der Waals surface area contributed by atoms with E-state index in [1.54, 1.807) is 31.3 Å². The van der Waals surface area contributed by atoms with Crippen molar-refractivity contribution in [3.63, 3.8) is 0 Å². The predicted octanol–water partition coefficient (Wildman–Crippen LogP) is 4.29. The largest absolute Gasteiger partial charge is 0.479 e. The van der Waals surface area contributed by atoms with E-state index >= 15 is 0 Å². The second-order valence-electron chi connectivity index (χ2n) is 7.66. The molecule has 0 unspecified atom stereocenters. The zero-order valence-corrected chi connectivity index (χ0v) is 19.2. The number of nitrogens with one attached hydrogen (secondary N) is 1. The number of ether oxygens (including phenoxy) is 1. The molecule has 32 heavy (non-hydrogen) atoms. The van der Waals surface area contributed by atoms with Crippen LogP contribution in [0, 0.1) is 0 Å². The van der Waals surface area contributed by atoms with Crippen LogP contribution in [0.1, 0.15) is 51.5 Å². The van der Waals surface area contributed by atoms with Crippen molar-refractivity contribution >= 4 is 17.7 Å². The SMILES string of the molecule is CCCCCCCNC(=O)N(C)c1cccc(-c2ncc(C[C@H](OCC)C(=O)O)cn2)c1. The highest BCUT2D eigenvalue weighted by molar-refractivity contribution is 5.92. The number of nitrogens with zero attached hydrogens (tertiary/aromatic N) is 3. The molecule has 1 aromatic heterocycles. The van der Waals surface area contributed by atoms with Crippen molar-refractivity contribution in [2.75, 3.05) is 25.1 Å². The standard InChI is InChI=1S/C24H34N4O4/c1-4-6-7-8-9-13-25-24(31)28(3)20-12-10-11-19(15-20)22-26-16-18(17-27-22)14-21(23(29)30)32-5-2/h10-12,15-17,21H,4-9,13-14H2,1-3H3,(H,25,31)(H,29,30)/t21-/m0/s1. The van der Waals surface area contributed by atoms with Gasteiger partial charge in [-0.05, 0) is 31.0 Å². The molecular formula is C24H34N4O4. The molecule has 0 bridgehead atoms. The minimum absolute atomic E-state index is 0.149. The number of carboxylic acids is 1. The van der Waals surface area contributed by atoms with Crippen LogP contribution in [0.25, 0.3) is 11.4 Å². The molecule has 1 atom stereocenters. The number of unbranched alkanes of at least 4 members (excludes halogenated alkanes) is 4. The quantitative estimate of drug-likeness (QED) is 0.448. The molecule has 2 amide bonds. The number of hydrogen-bond acceptors (Lipinski definition) is 5. The number of benzene rings is 1. The third-order valence-electron chi connectivity index (χ3n) is 5.12. The van der Waals surface area contributed by atoms with Gasteiger partial charge in [0.2, 0.25) is 0 Å². The Bertz CT molecular complexity index is 857. The maximum absolute atomic E-state index is 12.5. The van der Waals surface area contributed by atoms with Gasteiger partial charge in [0, 0.05) is 50.3 Å². The lowest BCUT2D eigenvalue weighted by atomic mass is 10.1. The Balaban J connectivity index is 1.98. The van der Waals surface area contributed by atoms with E-state index in [0.29, 0.717) is 24.5 Å². The molecule has 2 N–H and O–H groups in total. The molecule has 0 saturated carbocycles. The molecule has 0 spiro atoms. The van der Waals surface area contributed by atoms with Crippen molar-refractivity contribution in [2.24, 2.45) is 0 Å². The Labute approximate surface area is 190 Å². The summed E-state index contributed by atoms with van der Waals surface area (Å²) in [6, 6.07) is 7.29. The summed E-state index contributed by atoms with van der Waals surface area (Å²) in [6.45, 7) is 4.92. The van der Waals surface area contributed by atoms with E-state index < -0.39 is 12.1 Å². The van der Waals surface area contributed by atoms with Gasteiger partial charge in [-0.2, -0.15) is 0 Å². The molecule has 0 aliphatic carbocycles. The third-order valence-corrected chi connectivity index (χ3v) is 5.12. The van der Waals surface area contributed by atoms with Crippen LogP contribution in [0.4, 0.5) is 10.5 Å². The van der Waals surface area contributed by atoms with E-state index in [1.807, 2.05) is 24.3 Å². The van der Waals surface area contributed by atoms with E-state index in [-0.39, 0.29) is 12.5 Å². The van der Waals surface area contributed by atoms with E-state index in [4.69, 9.17) is 4.74 Å². The Morgan fingerprint density at radius 3 is 2.50 bits per heavy atom. The summed E-state index contributed by atoms with van der Waals surface area (Å²) in [5, 5.41) is 12.2. The molecule has 0 fully saturated rings. The molecule has 174 valence electrons. The van der Waals surface area contributed by atoms with E-state index in [9.17, 15) is 14.7 Å². The third kappa shape index (κ3) is 7.92. The Morgan fingerprint density at radius 2 is 1.84 bits per heavy atom. The molecule has 0 aliphatic heterocycles. The van der Waals surface area contributed by atoms with Crippen LogP contribution in [0.5, 0.6) is 0 Å². The number of amides is 2. The maximum Gasteiger partial charge on any atom is 0.333 e. The minimum Gasteiger partial charge on any atom is -0.479 e. The first-order valence-electron chi connectivity index (χ1n) is 11.2. The summed E-state index contributed by atoms with van der Waals surface area (Å²) in [5.74, 6) is -0.505. The highest BCUT2D eigenvalue weighted by Gasteiger charge is 2.18. The molecule has 8 nitrogen and oxygen atoms in total. The zero-order chi connectivity index (χ0) is 23.3. The number of carbonyl (C=O) groups is 2. The molecule has 0 aliphatic rings. The summed E-state index contributed by atoms with van der Waals surface area (Å²) in [5.41, 5.74) is 2.19. The van der Waals surface area contributed by atoms with Gasteiger partial charge >= 0.3 is 12.0 Å². The van der Waals surface area contributed by atoms with Crippen LogP contribution in [0.2, 0.25) is 0 Å². The number of rotatable bonds is 13. The number of carboxylic acid groups (broad SMARTS) is 1. The average molecular weight is 443 g/mol. The molecule has 0 saturated heterocycles. The summed E-state index contributed by atoms with van der Waals surface area (Å²) in [7, 11) is 1.73. The van der Waals surface area contributed by atoms with Crippen molar-refractivity contribution in [1.29, 1.82) is 0 Å². The van der Waals surface area contributed by atoms with Crippen LogP contribution in [-0.4, -0.2) is 53.4 Å². The number of hydrogen-bond donors (Lipinski definition) is 2. The molecule has 2 rings (SSSR count). The van der Waals surface area contributed by atoms with Crippen LogP contribution in [0.15, 0.2) is 36.7 Å². The van der Waals surface area contributed by atoms with Crippen molar-refractivity contribution < 1.29 is 19.4 Å². The van der Waals surface area contributed by atoms with Gasteiger partial charge in [0.05, 0.1) is 0 Å². The first-order chi connectivity index (χ1) is 15.5. The second-order valence-corrected chi connectivity index (χ2v) is 7.66. The van der Waals surface area contributed by atoms with Gasteiger partial charge in [0.15, 0.2) is 11.9 Å². The lowest BCUT2D eigenvalue weighted by Gasteiger charge is -2.19. The highest BCUT2D eigenvalue weighted by Crippen LogP contribution is 2.22. The Morgan fingerprint density at radius 1 is 1.12 bits per heavy atom. The van der Waals surface area contributed by atoms with Gasteiger partial charge in [-0.1, -0.05) is 44.7 Å². The van der Waals surface area contributed by atoms with E-state index in [0.717, 1.165) is 24.1 Å². The molecule has 2 aromatic rings. The molecular weight excluding hydrogens is 408 g/mol. The van der Waals surface area contributed by atoms with Gasteiger partial charge in [0.1, 0.15) is 0 Å². The zero-order valence-electron chi connectivity index (χ0n) is 19.2. The number of aromatic nitrogens is 2. The van der Waals surface area contributed by atoms with E-state index in [1.165, 1.54) is 19.3 Å². The van der Waals surface area contributed by atoms with Crippen LogP contribution in [-0.2, 0) is 16.0 Å². The normalized spacial score (nSPS) is 11.7. The molecule has 1 heterocycles. The van der Waals surface area contributed by atoms with Crippen molar-refractivity contribution in [1.82, 2.24) is 15.3 Å². The lowest BCUT2D eigenvalue weighted by molar-refractivity contribution is -0.149. The monoisotopic (exact) mass is 442 g/mol. The first-order valence-corrected chi connectivity index (χ1v) is 11.2. The number of urea groups is 1. The minimum atomic E-state index is -1.01. The molecule has 1 aromatic carbocycles. The summed E-state index contributed by atoms with van der Waals surface area (Å²) in [4.78, 5) is 34.0. The highest BCUT2D eigenvalue weighted by atomic mass is 16.5. The smallest absolute Gasteiger partial charge is 0.333 e. The van der Waals surface area contributed by atoms with Gasteiger partial charge in [-0.3, -0.25) is 4.90 Å². The van der Waals surface area contributed by atoms with E-state index in [2.05, 4.69) is 22.2 Å². The van der Waals surface area contributed by atoms with Gasteiger partial charge in [-0.25, -0.2) is 19.6 Å².